The van der Waals surface area contributed by atoms with E-state index in [0.29, 0.717) is 0 Å². The van der Waals surface area contributed by atoms with E-state index >= 15 is 0 Å². The van der Waals surface area contributed by atoms with Crippen LogP contribution in [0.5, 0.6) is 0 Å². The first-order valence-electron chi connectivity index (χ1n) is 0.651. The first-order chi connectivity index (χ1) is 1.73. The Labute approximate surface area is 28.6 Å². The zero-order valence-corrected chi connectivity index (χ0v) is 2.51. The molecule has 0 aliphatic carbocycles. The first-order valence-corrected chi connectivity index (χ1v) is 0.651. The van der Waals surface area contributed by atoms with Crippen LogP contribution in [0.25, 0.3) is 0 Å². The molecule has 4 heteroatoms. The fraction of sp³-hybridized carbons (Fsp3) is 0. The van der Waals surface area contributed by atoms with Gasteiger partial charge in [0, 0.05) is 6.15 Å². The van der Waals surface area contributed by atoms with Crippen molar-refractivity contribution in [1.82, 2.24) is 0 Å². The van der Waals surface area contributed by atoms with Crippen LogP contribution in [0, 0.1) is 6.15 Å². The SMILES string of the molecule is O=C(O)O.[He]. The third-order valence-corrected chi connectivity index (χ3v) is 0. The zero-order chi connectivity index (χ0) is 3.58. The Kier molecular flexibility index (Phi) is 5.66. The van der Waals surface area contributed by atoms with Gasteiger partial charge in [-0.2, -0.15) is 0 Å². The average molecular weight is 66.0 g/mol. The summed E-state index contributed by atoms with van der Waals surface area (Å²) in [5.41, 5.74) is 0. The second-order valence-corrected chi connectivity index (χ2v) is 0.283. The summed E-state index contributed by atoms with van der Waals surface area (Å²) in [4.78, 5) is 8.56. The molecule has 0 amide bonds. The monoisotopic (exact) mass is 66.0 g/mol. The van der Waals surface area contributed by atoms with Gasteiger partial charge >= 0.3 is 6.16 Å². The van der Waals surface area contributed by atoms with E-state index in [2.05, 4.69) is 0 Å². The van der Waals surface area contributed by atoms with Crippen LogP contribution in [-0.2, 0) is 0 Å². The van der Waals surface area contributed by atoms with Gasteiger partial charge in [0.25, 0.3) is 0 Å². The topological polar surface area (TPSA) is 57.5 Å². The van der Waals surface area contributed by atoms with Crippen LogP contribution in [-0.4, -0.2) is 16.4 Å². The van der Waals surface area contributed by atoms with Gasteiger partial charge in [0.15, 0.2) is 0 Å². The van der Waals surface area contributed by atoms with Crippen LogP contribution in [0.2, 0.25) is 0 Å². The molecule has 0 fully saturated rings. The average Bonchev–Trinajstić information content (AvgIpc) is 0.811. The zero-order valence-electron chi connectivity index (χ0n) is 2.51. The van der Waals surface area contributed by atoms with Crippen molar-refractivity contribution in [1.29, 1.82) is 0 Å². The summed E-state index contributed by atoms with van der Waals surface area (Å²) in [7, 11) is 0. The van der Waals surface area contributed by atoms with Crippen molar-refractivity contribution in [2.45, 2.75) is 0 Å². The van der Waals surface area contributed by atoms with Gasteiger partial charge in [-0.3, -0.25) is 0 Å². The molecule has 0 bridgehead atoms. The minimum absolute atomic E-state index is 0. The molecular formula is CH2HeO3. The van der Waals surface area contributed by atoms with E-state index in [9.17, 15) is 0 Å². The van der Waals surface area contributed by atoms with E-state index in [1.807, 2.05) is 0 Å². The third kappa shape index (κ3) is 6.56. The van der Waals surface area contributed by atoms with Crippen LogP contribution in [0.15, 0.2) is 0 Å². The Morgan fingerprint density at radius 1 is 1.40 bits per heavy atom. The van der Waals surface area contributed by atoms with E-state index in [0.717, 1.165) is 0 Å². The van der Waals surface area contributed by atoms with Crippen LogP contribution in [0.4, 0.5) is 4.79 Å². The van der Waals surface area contributed by atoms with Crippen molar-refractivity contribution in [3.63, 3.8) is 0 Å². The predicted molar refractivity (Wildman–Crippen MR) is 10.7 cm³/mol. The molecule has 0 heterocycles. The molecule has 0 radical (unpaired) electrons. The van der Waals surface area contributed by atoms with Gasteiger partial charge in [-0.25, -0.2) is 4.79 Å². The molecule has 0 aliphatic heterocycles. The van der Waals surface area contributed by atoms with Crippen LogP contribution < -0.4 is 0 Å². The number of carboxylic acid groups (broad SMARTS) is 2. The van der Waals surface area contributed by atoms with Crippen molar-refractivity contribution in [3.8, 4) is 0 Å². The summed E-state index contributed by atoms with van der Waals surface area (Å²) < 4.78 is 0. The quantitative estimate of drug-likeness (QED) is 0.425. The minimum Gasteiger partial charge on any atom is -0.450 e. The number of hydrogen-bond acceptors (Lipinski definition) is 1. The van der Waals surface area contributed by atoms with Crippen LogP contribution >= 0.6 is 0 Å². The van der Waals surface area contributed by atoms with Gasteiger partial charge in [0.1, 0.15) is 0 Å². The molecule has 0 saturated carbocycles. The molecule has 0 aromatic heterocycles. The van der Waals surface area contributed by atoms with Gasteiger partial charge in [0.2, 0.25) is 0 Å². The molecule has 0 aliphatic rings. The van der Waals surface area contributed by atoms with Crippen molar-refractivity contribution < 1.29 is 21.2 Å². The number of rotatable bonds is 0. The summed E-state index contributed by atoms with van der Waals surface area (Å²) in [6.45, 7) is 0. The van der Waals surface area contributed by atoms with Crippen LogP contribution in [0.3, 0.4) is 0 Å². The largest absolute Gasteiger partial charge is 0.503 e. The molecule has 0 unspecified atom stereocenters. The molecular weight excluding hydrogens is 64.0 g/mol. The van der Waals surface area contributed by atoms with Crippen molar-refractivity contribution in [2.24, 2.45) is 0 Å². The molecule has 2 N–H and O–H groups in total. The van der Waals surface area contributed by atoms with Gasteiger partial charge in [-0.1, -0.05) is 0 Å². The second-order valence-electron chi connectivity index (χ2n) is 0.283. The number of carbonyl (C=O) groups is 1. The van der Waals surface area contributed by atoms with Gasteiger partial charge in [0.05, 0.1) is 0 Å². The molecule has 0 saturated heterocycles. The Hall–Kier alpha value is -0.821. The molecule has 0 rings (SSSR count). The maximum Gasteiger partial charge on any atom is 0.503 e. The summed E-state index contributed by atoms with van der Waals surface area (Å²) in [6.07, 6.45) is -1.83. The standard InChI is InChI=1S/CH2O3.He/c2-1(3)4;/h(H2,2,3,4);. The second kappa shape index (κ2) is 3.18. The minimum atomic E-state index is -1.83. The van der Waals surface area contributed by atoms with E-state index in [-0.39, 0.29) is 6.15 Å². The summed E-state index contributed by atoms with van der Waals surface area (Å²) >= 11 is 0. The molecule has 0 spiro atoms. The molecule has 5 heavy (non-hydrogen) atoms. The smallest absolute Gasteiger partial charge is 0.450 e. The maximum absolute atomic E-state index is 8.56. The Morgan fingerprint density at radius 2 is 1.40 bits per heavy atom. The molecule has 0 aromatic rings. The van der Waals surface area contributed by atoms with E-state index in [1.165, 1.54) is 0 Å². The third-order valence-electron chi connectivity index (χ3n) is 0. The normalized spacial score (nSPS) is 4.80. The fourth-order valence-electron chi connectivity index (χ4n) is 0. The van der Waals surface area contributed by atoms with Gasteiger partial charge in [-0.05, 0) is 0 Å². The molecule has 0 aromatic carbocycles. The Bertz CT molecular complexity index is 29.9. The molecule has 0 atom stereocenters. The summed E-state index contributed by atoms with van der Waals surface area (Å²) in [6, 6.07) is 0. The number of hydrogen-bond donors (Lipinski definition) is 2. The van der Waals surface area contributed by atoms with Gasteiger partial charge < -0.3 is 10.2 Å². The predicted octanol–water partition coefficient (Wildman–Crippen LogP) is 0.222. The molecule has 3 nitrogen and oxygen atoms in total. The van der Waals surface area contributed by atoms with Crippen molar-refractivity contribution >= 4 is 6.16 Å². The van der Waals surface area contributed by atoms with E-state index in [4.69, 9.17) is 15.0 Å². The van der Waals surface area contributed by atoms with Gasteiger partial charge in [-0.15, -0.1) is 0 Å². The van der Waals surface area contributed by atoms with Crippen LogP contribution in [0.1, 0.15) is 0 Å². The maximum atomic E-state index is 8.56. The summed E-state index contributed by atoms with van der Waals surface area (Å²) in [5, 5.41) is 13.9. The van der Waals surface area contributed by atoms with E-state index < -0.39 is 6.16 Å². The van der Waals surface area contributed by atoms with Crippen molar-refractivity contribution in [2.75, 3.05) is 0 Å². The Morgan fingerprint density at radius 3 is 1.40 bits per heavy atom. The first kappa shape index (κ1) is 8.89. The summed E-state index contributed by atoms with van der Waals surface area (Å²) in [5.74, 6) is 0. The molecule has 26 valence electrons. The van der Waals surface area contributed by atoms with E-state index in [1.54, 1.807) is 0 Å². The Balaban J connectivity index is 0. The van der Waals surface area contributed by atoms with Crippen molar-refractivity contribution in [3.05, 3.63) is 0 Å². The fourth-order valence-corrected chi connectivity index (χ4v) is 0.